The van der Waals surface area contributed by atoms with E-state index in [4.69, 9.17) is 10.5 Å². The molecule has 1 amide bonds. The molecule has 2 aromatic carbocycles. The smallest absolute Gasteiger partial charge is 0.235 e. The van der Waals surface area contributed by atoms with Gasteiger partial charge in [-0.1, -0.05) is 30.3 Å². The van der Waals surface area contributed by atoms with Crippen molar-refractivity contribution in [1.82, 2.24) is 4.90 Å². The maximum absolute atomic E-state index is 13.9. The predicted molar refractivity (Wildman–Crippen MR) is 138 cm³/mol. The van der Waals surface area contributed by atoms with Gasteiger partial charge in [-0.25, -0.2) is 0 Å². The molecule has 4 N–H and O–H groups in total. The Labute approximate surface area is 224 Å². The van der Waals surface area contributed by atoms with Crippen molar-refractivity contribution in [3.63, 3.8) is 0 Å². The van der Waals surface area contributed by atoms with Crippen LogP contribution < -0.4 is 5.73 Å². The van der Waals surface area contributed by atoms with Crippen LogP contribution in [-0.4, -0.2) is 77.0 Å². The van der Waals surface area contributed by atoms with Gasteiger partial charge in [-0.15, -0.1) is 0 Å². The lowest BCUT2D eigenvalue weighted by Gasteiger charge is -2.52. The molecule has 2 fully saturated rings. The van der Waals surface area contributed by atoms with Gasteiger partial charge in [0.25, 0.3) is 0 Å². The lowest BCUT2D eigenvalue weighted by molar-refractivity contribution is -0.181. The minimum Gasteiger partial charge on any atom is -0.507 e. The second-order valence-corrected chi connectivity index (χ2v) is 10.9. The molecule has 0 saturated heterocycles. The Morgan fingerprint density at radius 2 is 1.74 bits per heavy atom. The highest BCUT2D eigenvalue weighted by Gasteiger charge is 2.69. The average Bonchev–Trinajstić information content (AvgIpc) is 2.87. The van der Waals surface area contributed by atoms with Gasteiger partial charge in [-0.05, 0) is 61.2 Å². The highest BCUT2D eigenvalue weighted by molar-refractivity contribution is 6.32. The first-order valence-electron chi connectivity index (χ1n) is 12.7. The first kappa shape index (κ1) is 26.9. The number of Topliss-reactive ketones (excluding diaryl/α,β-unsaturated/α-hetero) is 4. The van der Waals surface area contributed by atoms with E-state index in [1.54, 1.807) is 27.3 Å². The fourth-order valence-electron chi connectivity index (χ4n) is 6.82. The molecule has 2 saturated carbocycles. The van der Waals surface area contributed by atoms with Crippen LogP contribution in [0.5, 0.6) is 5.75 Å². The Morgan fingerprint density at radius 1 is 1.08 bits per heavy atom. The van der Waals surface area contributed by atoms with Crippen LogP contribution >= 0.6 is 0 Å². The maximum Gasteiger partial charge on any atom is 0.235 e. The van der Waals surface area contributed by atoms with Gasteiger partial charge in [0.15, 0.2) is 34.7 Å². The van der Waals surface area contributed by atoms with Crippen LogP contribution in [-0.2, 0) is 36.9 Å². The van der Waals surface area contributed by atoms with E-state index in [9.17, 15) is 34.2 Å². The van der Waals surface area contributed by atoms with Crippen molar-refractivity contribution in [2.24, 2.45) is 29.4 Å². The van der Waals surface area contributed by atoms with E-state index < -0.39 is 64.4 Å². The number of hydrogen-bond donors (Lipinski definition) is 3. The summed E-state index contributed by atoms with van der Waals surface area (Å²) in [6.45, 7) is 0.434. The van der Waals surface area contributed by atoms with Crippen LogP contribution in [0.2, 0.25) is 0 Å². The molecule has 10 nitrogen and oxygen atoms in total. The van der Waals surface area contributed by atoms with E-state index in [1.165, 1.54) is 11.0 Å². The zero-order valence-electron chi connectivity index (χ0n) is 21.8. The Balaban J connectivity index is 1.62. The fraction of sp³-hybridized carbons (Fsp3) is 0.414. The number of likely N-dealkylation sites (N-methyl/N-ethyl adjacent to an activating group) is 1. The molecule has 0 radical (unpaired) electrons. The summed E-state index contributed by atoms with van der Waals surface area (Å²) in [6.07, 6.45) is 0.209. The number of nitrogens with zero attached hydrogens (tertiary/aromatic N) is 1. The number of carbonyl (C=O) groups is 5. The number of aliphatic hydroxyl groups is 1. The molecular weight excluding hydrogens is 504 g/mol. The number of carbonyl (C=O) groups excluding carboxylic acids is 5. The highest BCUT2D eigenvalue weighted by Crippen LogP contribution is 2.51. The molecule has 3 aliphatic carbocycles. The van der Waals surface area contributed by atoms with Gasteiger partial charge in [0.05, 0.1) is 24.1 Å². The monoisotopic (exact) mass is 534 g/mol. The van der Waals surface area contributed by atoms with E-state index in [2.05, 4.69) is 0 Å². The molecular formula is C29H30N2O8. The molecule has 0 heterocycles. The number of fused-ring (bicyclic) bond motifs is 3. The summed E-state index contributed by atoms with van der Waals surface area (Å²) >= 11 is 0. The number of ether oxygens (including phenoxy) is 1. The Bertz CT molecular complexity index is 1420. The van der Waals surface area contributed by atoms with Gasteiger partial charge in [-0.3, -0.25) is 28.9 Å². The SMILES string of the molecule is COCc1ccc(-c2ccc(O)c3c2C[C@H]2C[C@H]4[C@H](N(C)C)C(=O)C(C(N)=O)C(=O)[C@@]4(O)C(=O)C2C3=O)cc1. The number of primary amides is 1. The van der Waals surface area contributed by atoms with Gasteiger partial charge < -0.3 is 20.7 Å². The molecule has 5 rings (SSSR count). The number of phenolic OH excluding ortho intramolecular Hbond substituents is 1. The van der Waals surface area contributed by atoms with Gasteiger partial charge in [0, 0.05) is 13.0 Å². The van der Waals surface area contributed by atoms with E-state index in [-0.39, 0.29) is 24.2 Å². The number of benzene rings is 2. The van der Waals surface area contributed by atoms with E-state index in [0.717, 1.165) is 11.1 Å². The largest absolute Gasteiger partial charge is 0.507 e. The van der Waals surface area contributed by atoms with Crippen molar-refractivity contribution < 1.29 is 38.9 Å². The molecule has 0 spiro atoms. The summed E-state index contributed by atoms with van der Waals surface area (Å²) in [7, 11) is 4.71. The molecule has 6 atom stereocenters. The summed E-state index contributed by atoms with van der Waals surface area (Å²) in [5.41, 5.74) is 5.61. The Hall–Kier alpha value is -3.73. The highest BCUT2D eigenvalue weighted by atomic mass is 16.5. The number of methoxy groups -OCH3 is 1. The average molecular weight is 535 g/mol. The first-order valence-corrected chi connectivity index (χ1v) is 12.7. The Kier molecular flexibility index (Phi) is 6.53. The minimum atomic E-state index is -2.73. The minimum absolute atomic E-state index is 0.00572. The summed E-state index contributed by atoms with van der Waals surface area (Å²) in [5, 5.41) is 22.4. The number of rotatable bonds is 5. The van der Waals surface area contributed by atoms with Crippen molar-refractivity contribution in [3.8, 4) is 16.9 Å². The van der Waals surface area contributed by atoms with Crippen molar-refractivity contribution in [1.29, 1.82) is 0 Å². The standard InChI is InChI=1S/C29H30N2O8/c1-31(2)23-18-11-15-10-17-16(14-6-4-13(5-7-14)12-39-3)8-9-19(32)21(17)24(33)20(15)26(35)29(18,38)27(36)22(25(23)34)28(30)37/h4-9,15,18,20,22-23,32,38H,10-12H2,1-3H3,(H2,30,37)/t15-,18-,20?,22?,23-,29-/m0/s1. The molecule has 0 bridgehead atoms. The lowest BCUT2D eigenvalue weighted by Crippen LogP contribution is -2.74. The summed E-state index contributed by atoms with van der Waals surface area (Å²) in [5.74, 6) is -10.6. The molecule has 0 aromatic heterocycles. The van der Waals surface area contributed by atoms with Crippen LogP contribution in [0, 0.1) is 23.7 Å². The second kappa shape index (κ2) is 9.48. The van der Waals surface area contributed by atoms with Crippen molar-refractivity contribution in [2.45, 2.75) is 31.1 Å². The molecule has 2 unspecified atom stereocenters. The molecule has 10 heteroatoms. The number of aromatic hydroxyl groups is 1. The van der Waals surface area contributed by atoms with Crippen molar-refractivity contribution in [3.05, 3.63) is 53.1 Å². The van der Waals surface area contributed by atoms with Gasteiger partial charge >= 0.3 is 0 Å². The molecule has 204 valence electrons. The first-order chi connectivity index (χ1) is 18.4. The van der Waals surface area contributed by atoms with Crippen molar-refractivity contribution in [2.75, 3.05) is 21.2 Å². The number of ketones is 4. The normalized spacial score (nSPS) is 30.1. The third kappa shape index (κ3) is 3.85. The predicted octanol–water partition coefficient (Wildman–Crippen LogP) is 0.680. The molecule has 3 aliphatic rings. The molecule has 0 aliphatic heterocycles. The van der Waals surface area contributed by atoms with E-state index >= 15 is 0 Å². The van der Waals surface area contributed by atoms with Crippen LogP contribution in [0.3, 0.4) is 0 Å². The second-order valence-electron chi connectivity index (χ2n) is 10.9. The van der Waals surface area contributed by atoms with Gasteiger partial charge in [-0.2, -0.15) is 0 Å². The lowest BCUT2D eigenvalue weighted by atomic mass is 9.52. The van der Waals surface area contributed by atoms with Gasteiger partial charge in [0.2, 0.25) is 5.91 Å². The van der Waals surface area contributed by atoms with Crippen LogP contribution in [0.15, 0.2) is 36.4 Å². The van der Waals surface area contributed by atoms with E-state index in [1.807, 2.05) is 24.3 Å². The molecule has 39 heavy (non-hydrogen) atoms. The number of hydrogen-bond acceptors (Lipinski definition) is 9. The summed E-state index contributed by atoms with van der Waals surface area (Å²) in [6, 6.07) is 9.51. The van der Waals surface area contributed by atoms with Crippen LogP contribution in [0.1, 0.15) is 27.9 Å². The van der Waals surface area contributed by atoms with Crippen LogP contribution in [0.25, 0.3) is 11.1 Å². The third-order valence-corrected chi connectivity index (χ3v) is 8.52. The summed E-state index contributed by atoms with van der Waals surface area (Å²) < 4.78 is 5.17. The zero-order chi connectivity index (χ0) is 28.4. The van der Waals surface area contributed by atoms with Crippen LogP contribution in [0.4, 0.5) is 0 Å². The number of amides is 1. The summed E-state index contributed by atoms with van der Waals surface area (Å²) in [4.78, 5) is 67.8. The number of phenols is 1. The topological polar surface area (TPSA) is 164 Å². The third-order valence-electron chi connectivity index (χ3n) is 8.52. The zero-order valence-corrected chi connectivity index (χ0v) is 21.8. The van der Waals surface area contributed by atoms with Crippen molar-refractivity contribution >= 4 is 29.0 Å². The van der Waals surface area contributed by atoms with Gasteiger partial charge in [0.1, 0.15) is 5.75 Å². The molecule has 2 aromatic rings. The Morgan fingerprint density at radius 3 is 2.33 bits per heavy atom. The maximum atomic E-state index is 13.9. The fourth-order valence-corrected chi connectivity index (χ4v) is 6.82. The quantitative estimate of drug-likeness (QED) is 0.468. The van der Waals surface area contributed by atoms with E-state index in [0.29, 0.717) is 17.7 Å². The number of nitrogens with two attached hydrogens (primary N) is 1.